The van der Waals surface area contributed by atoms with E-state index in [2.05, 4.69) is 4.90 Å². The summed E-state index contributed by atoms with van der Waals surface area (Å²) in [5, 5.41) is 0. The molecular formula is C9H16N2O2. The SMILES string of the molecule is CN(C)CCCN1CC(=O)CC1=O. The van der Waals surface area contributed by atoms with Gasteiger partial charge in [-0.25, -0.2) is 0 Å². The van der Waals surface area contributed by atoms with Crippen molar-refractivity contribution in [2.75, 3.05) is 33.7 Å². The summed E-state index contributed by atoms with van der Waals surface area (Å²) in [5.41, 5.74) is 0. The molecule has 0 aliphatic carbocycles. The average Bonchev–Trinajstić information content (AvgIpc) is 2.29. The Morgan fingerprint density at radius 1 is 1.38 bits per heavy atom. The summed E-state index contributed by atoms with van der Waals surface area (Å²) in [6.45, 7) is 1.99. The predicted octanol–water partition coefficient (Wildman–Crippen LogP) is -0.261. The predicted molar refractivity (Wildman–Crippen MR) is 49.4 cm³/mol. The molecule has 1 fully saturated rings. The number of carbonyl (C=O) groups is 2. The molecule has 0 unspecified atom stereocenters. The van der Waals surface area contributed by atoms with Gasteiger partial charge >= 0.3 is 0 Å². The van der Waals surface area contributed by atoms with Crippen molar-refractivity contribution in [3.8, 4) is 0 Å². The van der Waals surface area contributed by atoms with Gasteiger partial charge in [-0.15, -0.1) is 0 Å². The monoisotopic (exact) mass is 184 g/mol. The lowest BCUT2D eigenvalue weighted by molar-refractivity contribution is -0.127. The van der Waals surface area contributed by atoms with Crippen LogP contribution in [0.3, 0.4) is 0 Å². The number of ketones is 1. The van der Waals surface area contributed by atoms with Crippen molar-refractivity contribution in [2.45, 2.75) is 12.8 Å². The highest BCUT2D eigenvalue weighted by molar-refractivity contribution is 6.05. The van der Waals surface area contributed by atoms with Gasteiger partial charge < -0.3 is 9.80 Å². The zero-order valence-corrected chi connectivity index (χ0v) is 8.25. The number of carbonyl (C=O) groups excluding carboxylic acids is 2. The van der Waals surface area contributed by atoms with Crippen molar-refractivity contribution >= 4 is 11.7 Å². The summed E-state index contributed by atoms with van der Waals surface area (Å²) >= 11 is 0. The zero-order chi connectivity index (χ0) is 9.84. The first-order chi connectivity index (χ1) is 6.09. The van der Waals surface area contributed by atoms with Crippen LogP contribution < -0.4 is 0 Å². The molecule has 0 aromatic carbocycles. The van der Waals surface area contributed by atoms with E-state index in [0.717, 1.165) is 13.0 Å². The molecule has 0 atom stereocenters. The molecule has 0 spiro atoms. The molecule has 1 amide bonds. The zero-order valence-electron chi connectivity index (χ0n) is 8.25. The standard InChI is InChI=1S/C9H16N2O2/c1-10(2)4-3-5-11-7-8(12)6-9(11)13/h3-7H2,1-2H3. The molecule has 1 saturated heterocycles. The van der Waals surface area contributed by atoms with Crippen LogP contribution in [0.2, 0.25) is 0 Å². The Kier molecular flexibility index (Phi) is 3.42. The van der Waals surface area contributed by atoms with Crippen LogP contribution in [0.15, 0.2) is 0 Å². The van der Waals surface area contributed by atoms with Crippen LogP contribution in [0.25, 0.3) is 0 Å². The first-order valence-electron chi connectivity index (χ1n) is 4.54. The molecule has 4 nitrogen and oxygen atoms in total. The number of nitrogens with zero attached hydrogens (tertiary/aromatic N) is 2. The molecule has 4 heteroatoms. The molecule has 0 bridgehead atoms. The van der Waals surface area contributed by atoms with Gasteiger partial charge in [-0.05, 0) is 27.1 Å². The van der Waals surface area contributed by atoms with Gasteiger partial charge in [0.05, 0.1) is 13.0 Å². The lowest BCUT2D eigenvalue weighted by atomic mass is 10.3. The van der Waals surface area contributed by atoms with E-state index in [-0.39, 0.29) is 18.1 Å². The van der Waals surface area contributed by atoms with E-state index < -0.39 is 0 Å². The molecule has 1 rings (SSSR count). The second-order valence-electron chi connectivity index (χ2n) is 3.69. The molecular weight excluding hydrogens is 168 g/mol. The highest BCUT2D eigenvalue weighted by atomic mass is 16.2. The Hall–Kier alpha value is -0.900. The Bertz CT molecular complexity index is 214. The van der Waals surface area contributed by atoms with Crippen LogP contribution in [-0.4, -0.2) is 55.2 Å². The van der Waals surface area contributed by atoms with Crippen molar-refractivity contribution in [3.05, 3.63) is 0 Å². The van der Waals surface area contributed by atoms with Crippen molar-refractivity contribution in [1.29, 1.82) is 0 Å². The fourth-order valence-corrected chi connectivity index (χ4v) is 1.42. The molecule has 1 aliphatic rings. The number of hydrogen-bond acceptors (Lipinski definition) is 3. The Balaban J connectivity index is 2.22. The van der Waals surface area contributed by atoms with Gasteiger partial charge in [0.25, 0.3) is 0 Å². The van der Waals surface area contributed by atoms with E-state index in [1.165, 1.54) is 0 Å². The number of hydrogen-bond donors (Lipinski definition) is 0. The number of Topliss-reactive ketones (excluding diaryl/α,β-unsaturated/α-hetero) is 1. The molecule has 0 radical (unpaired) electrons. The lowest BCUT2D eigenvalue weighted by Gasteiger charge is -2.16. The fourth-order valence-electron chi connectivity index (χ4n) is 1.42. The molecule has 0 aromatic rings. The van der Waals surface area contributed by atoms with E-state index >= 15 is 0 Å². The van der Waals surface area contributed by atoms with Crippen molar-refractivity contribution in [2.24, 2.45) is 0 Å². The fraction of sp³-hybridized carbons (Fsp3) is 0.778. The Morgan fingerprint density at radius 2 is 2.08 bits per heavy atom. The van der Waals surface area contributed by atoms with Crippen LogP contribution in [0.5, 0.6) is 0 Å². The molecule has 13 heavy (non-hydrogen) atoms. The van der Waals surface area contributed by atoms with Gasteiger partial charge in [0, 0.05) is 6.54 Å². The number of amides is 1. The summed E-state index contributed by atoms with van der Waals surface area (Å²) in [6.07, 6.45) is 1.05. The molecule has 0 saturated carbocycles. The van der Waals surface area contributed by atoms with Crippen LogP contribution >= 0.6 is 0 Å². The van der Waals surface area contributed by atoms with Crippen LogP contribution in [0, 0.1) is 0 Å². The minimum absolute atomic E-state index is 0.0104. The van der Waals surface area contributed by atoms with Crippen molar-refractivity contribution < 1.29 is 9.59 Å². The van der Waals surface area contributed by atoms with E-state index in [1.807, 2.05) is 14.1 Å². The van der Waals surface area contributed by atoms with Gasteiger partial charge in [0.1, 0.15) is 0 Å². The highest BCUT2D eigenvalue weighted by Crippen LogP contribution is 2.06. The highest BCUT2D eigenvalue weighted by Gasteiger charge is 2.26. The normalized spacial score (nSPS) is 17.6. The summed E-state index contributed by atoms with van der Waals surface area (Å²) in [5.74, 6) is 0.0404. The molecule has 1 heterocycles. The van der Waals surface area contributed by atoms with Gasteiger partial charge in [-0.2, -0.15) is 0 Å². The summed E-state index contributed by atoms with van der Waals surface area (Å²) < 4.78 is 0. The first kappa shape index (κ1) is 10.2. The van der Waals surface area contributed by atoms with Gasteiger partial charge in [0.2, 0.25) is 5.91 Å². The van der Waals surface area contributed by atoms with Crippen LogP contribution in [-0.2, 0) is 9.59 Å². The molecule has 1 aliphatic heterocycles. The Labute approximate surface area is 78.5 Å². The second kappa shape index (κ2) is 4.37. The summed E-state index contributed by atoms with van der Waals surface area (Å²) in [6, 6.07) is 0. The third-order valence-electron chi connectivity index (χ3n) is 2.10. The minimum atomic E-state index is -0.0104. The van der Waals surface area contributed by atoms with Crippen molar-refractivity contribution in [3.63, 3.8) is 0 Å². The van der Waals surface area contributed by atoms with Gasteiger partial charge in [-0.1, -0.05) is 0 Å². The smallest absolute Gasteiger partial charge is 0.230 e. The Morgan fingerprint density at radius 3 is 2.54 bits per heavy atom. The van der Waals surface area contributed by atoms with Gasteiger partial charge in [-0.3, -0.25) is 9.59 Å². The number of rotatable bonds is 4. The van der Waals surface area contributed by atoms with E-state index in [1.54, 1.807) is 4.90 Å². The van der Waals surface area contributed by atoms with Crippen molar-refractivity contribution in [1.82, 2.24) is 9.80 Å². The van der Waals surface area contributed by atoms with Gasteiger partial charge in [0.15, 0.2) is 5.78 Å². The second-order valence-corrected chi connectivity index (χ2v) is 3.69. The minimum Gasteiger partial charge on any atom is -0.335 e. The first-order valence-corrected chi connectivity index (χ1v) is 4.54. The van der Waals surface area contributed by atoms with Crippen LogP contribution in [0.1, 0.15) is 12.8 Å². The maximum absolute atomic E-state index is 11.2. The summed E-state index contributed by atoms with van der Waals surface area (Å²) in [4.78, 5) is 25.8. The topological polar surface area (TPSA) is 40.6 Å². The van der Waals surface area contributed by atoms with Crippen LogP contribution in [0.4, 0.5) is 0 Å². The third-order valence-corrected chi connectivity index (χ3v) is 2.10. The quantitative estimate of drug-likeness (QED) is 0.565. The number of likely N-dealkylation sites (tertiary alicyclic amines) is 1. The third kappa shape index (κ3) is 3.14. The van der Waals surface area contributed by atoms with E-state index in [9.17, 15) is 9.59 Å². The van der Waals surface area contributed by atoms with E-state index in [0.29, 0.717) is 13.1 Å². The maximum Gasteiger partial charge on any atom is 0.230 e. The largest absolute Gasteiger partial charge is 0.335 e. The average molecular weight is 184 g/mol. The molecule has 0 N–H and O–H groups in total. The maximum atomic E-state index is 11.2. The summed E-state index contributed by atoms with van der Waals surface area (Å²) in [7, 11) is 3.99. The molecule has 74 valence electrons. The van der Waals surface area contributed by atoms with E-state index in [4.69, 9.17) is 0 Å². The lowest BCUT2D eigenvalue weighted by Crippen LogP contribution is -2.28. The molecule has 0 aromatic heterocycles.